The fourth-order valence-corrected chi connectivity index (χ4v) is 5.18. The molecule has 142 valence electrons. The van der Waals surface area contributed by atoms with Crippen molar-refractivity contribution in [1.29, 1.82) is 0 Å². The molecule has 0 unspecified atom stereocenters. The van der Waals surface area contributed by atoms with E-state index in [2.05, 4.69) is 46.7 Å². The van der Waals surface area contributed by atoms with E-state index in [9.17, 15) is 4.79 Å². The number of hydrogen-bond donors (Lipinski definition) is 2. The maximum Gasteiger partial charge on any atom is 0.261 e. The van der Waals surface area contributed by atoms with Gasteiger partial charge in [-0.15, -0.1) is 16.4 Å². The molecule has 5 rings (SSSR count). The Hall–Kier alpha value is -2.59. The van der Waals surface area contributed by atoms with Gasteiger partial charge in [-0.05, 0) is 59.9 Å². The number of nitrogens with one attached hydrogen (secondary N) is 2. The van der Waals surface area contributed by atoms with Crippen LogP contribution in [0.2, 0.25) is 0 Å². The topological polar surface area (TPSA) is 101 Å². The average molecular weight is 458 g/mol. The molecule has 0 saturated carbocycles. The number of rotatable bonds is 4. The van der Waals surface area contributed by atoms with E-state index >= 15 is 0 Å². The second-order valence-electron chi connectivity index (χ2n) is 6.65. The predicted molar refractivity (Wildman–Crippen MR) is 111 cm³/mol. The first kappa shape index (κ1) is 17.5. The summed E-state index contributed by atoms with van der Waals surface area (Å²) in [5.41, 5.74) is 1.95. The molecule has 0 aliphatic heterocycles. The van der Waals surface area contributed by atoms with Crippen molar-refractivity contribution in [2.24, 2.45) is 0 Å². The first-order valence-corrected chi connectivity index (χ1v) is 10.6. The summed E-state index contributed by atoms with van der Waals surface area (Å²) in [6.45, 7) is 0.332. The number of H-pyrrole nitrogens is 1. The molecule has 0 fully saturated rings. The van der Waals surface area contributed by atoms with Crippen LogP contribution in [0.5, 0.6) is 0 Å². The lowest BCUT2D eigenvalue weighted by atomic mass is 9.97. The van der Waals surface area contributed by atoms with Crippen LogP contribution in [0.3, 0.4) is 0 Å². The van der Waals surface area contributed by atoms with Crippen molar-refractivity contribution in [2.45, 2.75) is 32.2 Å². The molecule has 2 N–H and O–H groups in total. The first-order chi connectivity index (χ1) is 13.7. The fraction of sp³-hybridized carbons (Fsp3) is 0.278. The van der Waals surface area contributed by atoms with Crippen LogP contribution >= 0.6 is 27.3 Å². The van der Waals surface area contributed by atoms with E-state index in [4.69, 9.17) is 0 Å². The number of anilines is 1. The third-order valence-corrected chi connectivity index (χ3v) is 6.50. The second-order valence-corrected chi connectivity index (χ2v) is 8.65. The summed E-state index contributed by atoms with van der Waals surface area (Å²) >= 11 is 5.09. The summed E-state index contributed by atoms with van der Waals surface area (Å²) in [6.07, 6.45) is 4.33. The summed E-state index contributed by atoms with van der Waals surface area (Å²) in [4.78, 5) is 22.2. The number of benzene rings is 1. The minimum atomic E-state index is -0.0847. The molecule has 1 aromatic carbocycles. The van der Waals surface area contributed by atoms with Crippen LogP contribution in [-0.4, -0.2) is 30.2 Å². The van der Waals surface area contributed by atoms with Gasteiger partial charge in [-0.25, -0.2) is 4.98 Å². The van der Waals surface area contributed by atoms with Gasteiger partial charge in [0.05, 0.1) is 17.6 Å². The van der Waals surface area contributed by atoms with E-state index in [1.807, 2.05) is 24.3 Å². The molecule has 3 heterocycles. The molecule has 0 atom stereocenters. The molecule has 4 aromatic rings. The van der Waals surface area contributed by atoms with Gasteiger partial charge in [-0.1, -0.05) is 22.0 Å². The molecular formula is C18H16BrN7OS. The lowest BCUT2D eigenvalue weighted by Crippen LogP contribution is -2.15. The SMILES string of the molecule is O=c1[nH]c(NCc2nnnn2-c2cccc(Br)c2)nc2sc3c(c12)CCCC3. The lowest BCUT2D eigenvalue weighted by molar-refractivity contribution is 0.700. The van der Waals surface area contributed by atoms with E-state index in [1.165, 1.54) is 16.9 Å². The highest BCUT2D eigenvalue weighted by Gasteiger charge is 2.20. The molecule has 0 saturated heterocycles. The molecule has 8 nitrogen and oxygen atoms in total. The number of halogens is 1. The summed E-state index contributed by atoms with van der Waals surface area (Å²) in [5, 5.41) is 15.8. The zero-order valence-electron chi connectivity index (χ0n) is 14.8. The minimum Gasteiger partial charge on any atom is -0.348 e. The number of aromatic amines is 1. The van der Waals surface area contributed by atoms with Gasteiger partial charge in [-0.3, -0.25) is 9.78 Å². The number of thiophene rings is 1. The minimum absolute atomic E-state index is 0.0847. The van der Waals surface area contributed by atoms with Crippen molar-refractivity contribution in [1.82, 2.24) is 30.2 Å². The van der Waals surface area contributed by atoms with E-state index in [1.54, 1.807) is 16.0 Å². The summed E-state index contributed by atoms with van der Waals surface area (Å²) in [6, 6.07) is 7.72. The molecule has 3 aromatic heterocycles. The van der Waals surface area contributed by atoms with Crippen LogP contribution in [0.4, 0.5) is 5.95 Å². The van der Waals surface area contributed by atoms with Gasteiger partial charge in [0.2, 0.25) is 5.95 Å². The van der Waals surface area contributed by atoms with Gasteiger partial charge < -0.3 is 5.32 Å². The Morgan fingerprint density at radius 2 is 2.18 bits per heavy atom. The highest BCUT2D eigenvalue weighted by atomic mass is 79.9. The number of nitrogens with zero attached hydrogens (tertiary/aromatic N) is 5. The Kier molecular flexibility index (Phi) is 4.44. The highest BCUT2D eigenvalue weighted by molar-refractivity contribution is 9.10. The number of aryl methyl sites for hydroxylation is 2. The van der Waals surface area contributed by atoms with Crippen molar-refractivity contribution in [3.8, 4) is 5.69 Å². The number of hydrogen-bond acceptors (Lipinski definition) is 7. The number of fused-ring (bicyclic) bond motifs is 3. The van der Waals surface area contributed by atoms with Gasteiger partial charge >= 0.3 is 0 Å². The van der Waals surface area contributed by atoms with Crippen molar-refractivity contribution in [3.05, 3.63) is 55.4 Å². The Bertz CT molecular complexity index is 1230. The van der Waals surface area contributed by atoms with E-state index in [0.717, 1.165) is 39.6 Å². The smallest absolute Gasteiger partial charge is 0.261 e. The van der Waals surface area contributed by atoms with E-state index < -0.39 is 0 Å². The Balaban J connectivity index is 1.43. The molecule has 0 spiro atoms. The van der Waals surface area contributed by atoms with E-state index in [-0.39, 0.29) is 5.56 Å². The third kappa shape index (κ3) is 3.12. The molecule has 0 radical (unpaired) electrons. The first-order valence-electron chi connectivity index (χ1n) is 9.00. The Morgan fingerprint density at radius 3 is 3.07 bits per heavy atom. The molecular weight excluding hydrogens is 442 g/mol. The standard InChI is InChI=1S/C18H16BrN7OS/c19-10-4-3-5-11(8-10)26-14(23-24-25-26)9-20-18-21-16(27)15-12-6-1-2-7-13(12)28-17(15)22-18/h3-5,8H,1-2,6-7,9H2,(H2,20,21,22,27). The van der Waals surface area contributed by atoms with Crippen LogP contribution in [0.1, 0.15) is 29.1 Å². The monoisotopic (exact) mass is 457 g/mol. The van der Waals surface area contributed by atoms with Crippen LogP contribution in [0.15, 0.2) is 33.5 Å². The Morgan fingerprint density at radius 1 is 1.29 bits per heavy atom. The van der Waals surface area contributed by atoms with Crippen LogP contribution in [0.25, 0.3) is 15.9 Å². The largest absolute Gasteiger partial charge is 0.348 e. The van der Waals surface area contributed by atoms with Crippen LogP contribution in [-0.2, 0) is 19.4 Å². The zero-order valence-corrected chi connectivity index (χ0v) is 17.2. The predicted octanol–water partition coefficient (Wildman–Crippen LogP) is 3.21. The van der Waals surface area contributed by atoms with Gasteiger partial charge in [0, 0.05) is 9.35 Å². The normalized spacial score (nSPS) is 13.6. The Labute approximate surface area is 172 Å². The van der Waals surface area contributed by atoms with Gasteiger partial charge in [0.25, 0.3) is 5.56 Å². The quantitative estimate of drug-likeness (QED) is 0.487. The third-order valence-electron chi connectivity index (χ3n) is 4.83. The lowest BCUT2D eigenvalue weighted by Gasteiger charge is -2.09. The maximum absolute atomic E-state index is 12.6. The van der Waals surface area contributed by atoms with Gasteiger partial charge in [-0.2, -0.15) is 4.68 Å². The van der Waals surface area contributed by atoms with E-state index in [0.29, 0.717) is 18.3 Å². The average Bonchev–Trinajstić information content (AvgIpc) is 3.30. The zero-order chi connectivity index (χ0) is 19.1. The molecule has 10 heteroatoms. The summed E-state index contributed by atoms with van der Waals surface area (Å²) in [7, 11) is 0. The highest BCUT2D eigenvalue weighted by Crippen LogP contribution is 2.33. The fourth-order valence-electron chi connectivity index (χ4n) is 3.53. The van der Waals surface area contributed by atoms with Crippen molar-refractivity contribution in [3.63, 3.8) is 0 Å². The van der Waals surface area contributed by atoms with Crippen molar-refractivity contribution < 1.29 is 0 Å². The second kappa shape index (κ2) is 7.10. The molecule has 1 aliphatic rings. The van der Waals surface area contributed by atoms with Gasteiger partial charge in [0.15, 0.2) is 5.82 Å². The van der Waals surface area contributed by atoms with Crippen molar-refractivity contribution in [2.75, 3.05) is 5.32 Å². The molecule has 0 amide bonds. The maximum atomic E-state index is 12.6. The molecule has 28 heavy (non-hydrogen) atoms. The summed E-state index contributed by atoms with van der Waals surface area (Å²) < 4.78 is 2.59. The van der Waals surface area contributed by atoms with Gasteiger partial charge in [0.1, 0.15) is 4.83 Å². The number of aromatic nitrogens is 6. The molecule has 1 aliphatic carbocycles. The molecule has 0 bridgehead atoms. The van der Waals surface area contributed by atoms with Crippen LogP contribution < -0.4 is 10.9 Å². The van der Waals surface area contributed by atoms with Crippen molar-refractivity contribution >= 4 is 43.4 Å². The summed E-state index contributed by atoms with van der Waals surface area (Å²) in [5.74, 6) is 1.05. The van der Waals surface area contributed by atoms with Crippen LogP contribution in [0, 0.1) is 0 Å². The number of tetrazole rings is 1.